The Bertz CT molecular complexity index is 498. The van der Waals surface area contributed by atoms with E-state index in [0.717, 1.165) is 6.54 Å². The van der Waals surface area contributed by atoms with Crippen LogP contribution in [0.4, 0.5) is 5.69 Å². The van der Waals surface area contributed by atoms with Crippen molar-refractivity contribution < 1.29 is 9.84 Å². The molecule has 1 aromatic carbocycles. The standard InChI is InChI=1S/C13H16N2O2S/c1-9(2)8-15-12-10(16)4-3-5-11(12)17-13-14-6-7-18-13/h3-7,9,15-16H,8H2,1-2H3. The molecule has 0 aliphatic rings. The first-order valence-corrected chi connectivity index (χ1v) is 6.68. The largest absolute Gasteiger partial charge is 0.506 e. The van der Waals surface area contributed by atoms with Crippen molar-refractivity contribution in [2.75, 3.05) is 11.9 Å². The van der Waals surface area contributed by atoms with Crippen LogP contribution in [-0.4, -0.2) is 16.6 Å². The molecule has 0 aliphatic carbocycles. The van der Waals surface area contributed by atoms with E-state index in [4.69, 9.17) is 4.74 Å². The zero-order valence-electron chi connectivity index (χ0n) is 10.4. The number of anilines is 1. The summed E-state index contributed by atoms with van der Waals surface area (Å²) in [5.41, 5.74) is 0.612. The minimum Gasteiger partial charge on any atom is -0.506 e. The predicted octanol–water partition coefficient (Wildman–Crippen LogP) is 3.71. The lowest BCUT2D eigenvalue weighted by atomic mass is 10.2. The number of ether oxygens (including phenoxy) is 1. The first-order valence-electron chi connectivity index (χ1n) is 5.80. The van der Waals surface area contributed by atoms with Crippen LogP contribution in [0.1, 0.15) is 13.8 Å². The van der Waals surface area contributed by atoms with Crippen molar-refractivity contribution in [1.82, 2.24) is 4.98 Å². The molecule has 0 fully saturated rings. The van der Waals surface area contributed by atoms with E-state index >= 15 is 0 Å². The molecule has 0 radical (unpaired) electrons. The number of aromatic nitrogens is 1. The molecule has 5 heteroatoms. The lowest BCUT2D eigenvalue weighted by molar-refractivity contribution is 0.456. The van der Waals surface area contributed by atoms with Crippen molar-refractivity contribution in [3.63, 3.8) is 0 Å². The average molecular weight is 264 g/mol. The normalized spacial score (nSPS) is 10.6. The van der Waals surface area contributed by atoms with Gasteiger partial charge >= 0.3 is 0 Å². The van der Waals surface area contributed by atoms with Gasteiger partial charge in [-0.1, -0.05) is 31.3 Å². The van der Waals surface area contributed by atoms with E-state index < -0.39 is 0 Å². The van der Waals surface area contributed by atoms with Gasteiger partial charge in [0.2, 0.25) is 0 Å². The van der Waals surface area contributed by atoms with E-state index in [0.29, 0.717) is 22.5 Å². The van der Waals surface area contributed by atoms with E-state index in [1.54, 1.807) is 18.3 Å². The second kappa shape index (κ2) is 5.73. The zero-order chi connectivity index (χ0) is 13.0. The molecule has 0 atom stereocenters. The number of nitrogens with zero attached hydrogens (tertiary/aromatic N) is 1. The Hall–Kier alpha value is -1.75. The van der Waals surface area contributed by atoms with Crippen molar-refractivity contribution in [2.45, 2.75) is 13.8 Å². The fourth-order valence-corrected chi connectivity index (χ4v) is 1.94. The molecule has 0 amide bonds. The molecule has 18 heavy (non-hydrogen) atoms. The molecule has 0 unspecified atom stereocenters. The van der Waals surface area contributed by atoms with Gasteiger partial charge in [0.1, 0.15) is 11.4 Å². The third-order valence-corrected chi connectivity index (χ3v) is 2.95. The van der Waals surface area contributed by atoms with Crippen LogP contribution in [-0.2, 0) is 0 Å². The van der Waals surface area contributed by atoms with Crippen LogP contribution in [0.2, 0.25) is 0 Å². The van der Waals surface area contributed by atoms with Crippen LogP contribution in [0.3, 0.4) is 0 Å². The Labute approximate surface area is 110 Å². The Morgan fingerprint density at radius 3 is 2.94 bits per heavy atom. The number of benzene rings is 1. The van der Waals surface area contributed by atoms with E-state index in [1.807, 2.05) is 11.4 Å². The topological polar surface area (TPSA) is 54.4 Å². The lowest BCUT2D eigenvalue weighted by Crippen LogP contribution is -2.08. The van der Waals surface area contributed by atoms with E-state index in [-0.39, 0.29) is 5.75 Å². The summed E-state index contributed by atoms with van der Waals surface area (Å²) in [5.74, 6) is 1.26. The fourth-order valence-electron chi connectivity index (χ4n) is 1.44. The van der Waals surface area contributed by atoms with Crippen molar-refractivity contribution in [3.05, 3.63) is 29.8 Å². The SMILES string of the molecule is CC(C)CNc1c(O)cccc1Oc1nccs1. The molecule has 0 spiro atoms. The third kappa shape index (κ3) is 3.13. The molecule has 2 aromatic rings. The molecular weight excluding hydrogens is 248 g/mol. The molecule has 1 heterocycles. The molecule has 1 aromatic heterocycles. The number of hydrogen-bond acceptors (Lipinski definition) is 5. The summed E-state index contributed by atoms with van der Waals surface area (Å²) in [7, 11) is 0. The van der Waals surface area contributed by atoms with E-state index in [2.05, 4.69) is 24.1 Å². The number of thiazole rings is 1. The molecule has 2 rings (SSSR count). The molecule has 0 bridgehead atoms. The highest BCUT2D eigenvalue weighted by Crippen LogP contribution is 2.36. The number of nitrogens with one attached hydrogen (secondary N) is 1. The summed E-state index contributed by atoms with van der Waals surface area (Å²) in [6.45, 7) is 4.98. The van der Waals surface area contributed by atoms with Gasteiger partial charge in [-0.2, -0.15) is 0 Å². The second-order valence-electron chi connectivity index (χ2n) is 4.33. The van der Waals surface area contributed by atoms with Gasteiger partial charge in [-0.3, -0.25) is 0 Å². The van der Waals surface area contributed by atoms with E-state index in [1.165, 1.54) is 11.3 Å². The van der Waals surface area contributed by atoms with Crippen molar-refractivity contribution in [1.29, 1.82) is 0 Å². The van der Waals surface area contributed by atoms with Gasteiger partial charge in [0, 0.05) is 18.1 Å². The van der Waals surface area contributed by atoms with Crippen molar-refractivity contribution in [3.8, 4) is 16.7 Å². The first-order chi connectivity index (χ1) is 8.66. The van der Waals surface area contributed by atoms with Gasteiger partial charge in [0.05, 0.1) is 0 Å². The van der Waals surface area contributed by atoms with Crippen LogP contribution < -0.4 is 10.1 Å². The maximum Gasteiger partial charge on any atom is 0.278 e. The molecule has 0 aliphatic heterocycles. The van der Waals surface area contributed by atoms with Crippen molar-refractivity contribution in [2.24, 2.45) is 5.92 Å². The van der Waals surface area contributed by atoms with Crippen LogP contribution in [0, 0.1) is 5.92 Å². The highest BCUT2D eigenvalue weighted by atomic mass is 32.1. The van der Waals surface area contributed by atoms with Gasteiger partial charge in [-0.15, -0.1) is 0 Å². The molecular formula is C13H16N2O2S. The summed E-state index contributed by atoms with van der Waals surface area (Å²) < 4.78 is 5.65. The number of hydrogen-bond donors (Lipinski definition) is 2. The highest BCUT2D eigenvalue weighted by molar-refractivity contribution is 7.11. The highest BCUT2D eigenvalue weighted by Gasteiger charge is 2.11. The molecule has 2 N–H and O–H groups in total. The van der Waals surface area contributed by atoms with Gasteiger partial charge < -0.3 is 15.2 Å². The first kappa shape index (κ1) is 12.7. The van der Waals surface area contributed by atoms with Gasteiger partial charge in [-0.25, -0.2) is 4.98 Å². The quantitative estimate of drug-likeness (QED) is 0.808. The minimum absolute atomic E-state index is 0.185. The number of phenols is 1. The van der Waals surface area contributed by atoms with Crippen LogP contribution in [0.5, 0.6) is 16.7 Å². The fraction of sp³-hybridized carbons (Fsp3) is 0.308. The van der Waals surface area contributed by atoms with Gasteiger partial charge in [0.25, 0.3) is 5.19 Å². The van der Waals surface area contributed by atoms with Gasteiger partial charge in [-0.05, 0) is 18.1 Å². The Kier molecular flexibility index (Phi) is 4.04. The lowest BCUT2D eigenvalue weighted by Gasteiger charge is -2.14. The summed E-state index contributed by atoms with van der Waals surface area (Å²) in [6, 6.07) is 5.19. The monoisotopic (exact) mass is 264 g/mol. The second-order valence-corrected chi connectivity index (χ2v) is 5.18. The summed E-state index contributed by atoms with van der Waals surface area (Å²) in [4.78, 5) is 4.06. The predicted molar refractivity (Wildman–Crippen MR) is 73.6 cm³/mol. The number of para-hydroxylation sites is 1. The maximum absolute atomic E-state index is 9.87. The average Bonchev–Trinajstić information content (AvgIpc) is 2.81. The summed E-state index contributed by atoms with van der Waals surface area (Å²) >= 11 is 1.41. The maximum atomic E-state index is 9.87. The Morgan fingerprint density at radius 1 is 1.44 bits per heavy atom. The smallest absolute Gasteiger partial charge is 0.278 e. The molecule has 96 valence electrons. The minimum atomic E-state index is 0.185. The van der Waals surface area contributed by atoms with Crippen LogP contribution in [0.15, 0.2) is 29.8 Å². The number of rotatable bonds is 5. The Balaban J connectivity index is 2.20. The Morgan fingerprint density at radius 2 is 2.28 bits per heavy atom. The number of phenolic OH excluding ortho intramolecular Hbond substituents is 1. The van der Waals surface area contributed by atoms with Gasteiger partial charge in [0.15, 0.2) is 5.75 Å². The van der Waals surface area contributed by atoms with Crippen LogP contribution in [0.25, 0.3) is 0 Å². The zero-order valence-corrected chi connectivity index (χ0v) is 11.2. The van der Waals surface area contributed by atoms with E-state index in [9.17, 15) is 5.11 Å². The molecule has 0 saturated heterocycles. The van der Waals surface area contributed by atoms with Crippen molar-refractivity contribution >= 4 is 17.0 Å². The summed E-state index contributed by atoms with van der Waals surface area (Å²) in [6.07, 6.45) is 1.68. The molecule has 0 saturated carbocycles. The third-order valence-electron chi connectivity index (χ3n) is 2.30. The molecule has 4 nitrogen and oxygen atoms in total. The summed E-state index contributed by atoms with van der Waals surface area (Å²) in [5, 5.41) is 15.5. The van der Waals surface area contributed by atoms with Crippen LogP contribution >= 0.6 is 11.3 Å². The number of aromatic hydroxyl groups is 1.